The van der Waals surface area contributed by atoms with Gasteiger partial charge in [0.05, 0.1) is 19.1 Å². The minimum absolute atomic E-state index is 0.220. The van der Waals surface area contributed by atoms with E-state index in [1.807, 2.05) is 6.07 Å². The first-order chi connectivity index (χ1) is 12.8. The quantitative estimate of drug-likeness (QED) is 0.573. The molecule has 0 spiro atoms. The molecule has 27 heavy (non-hydrogen) atoms. The molecule has 0 unspecified atom stereocenters. The Bertz CT molecular complexity index is 989. The molecule has 0 fully saturated rings. The first-order valence-corrected chi connectivity index (χ1v) is 9.75. The average molecular weight is 392 g/mol. The van der Waals surface area contributed by atoms with Crippen LogP contribution in [0.25, 0.3) is 0 Å². The molecule has 0 saturated carbocycles. The van der Waals surface area contributed by atoms with Gasteiger partial charge in [0, 0.05) is 18.7 Å². The van der Waals surface area contributed by atoms with Crippen LogP contribution in [-0.4, -0.2) is 38.4 Å². The molecule has 1 heterocycles. The summed E-state index contributed by atoms with van der Waals surface area (Å²) in [6.07, 6.45) is 0.472. The highest BCUT2D eigenvalue weighted by Gasteiger charge is 2.38. The van der Waals surface area contributed by atoms with Crippen LogP contribution in [0, 0.1) is 10.1 Å². The second-order valence-electron chi connectivity index (χ2n) is 6.17. The lowest BCUT2D eigenvalue weighted by atomic mass is 9.94. The summed E-state index contributed by atoms with van der Waals surface area (Å²) in [5.74, 6) is 1.09. The Labute approximate surface area is 157 Å². The van der Waals surface area contributed by atoms with Gasteiger partial charge in [0.15, 0.2) is 16.4 Å². The van der Waals surface area contributed by atoms with Gasteiger partial charge in [-0.3, -0.25) is 10.1 Å². The van der Waals surface area contributed by atoms with Gasteiger partial charge in [0.2, 0.25) is 10.0 Å². The maximum Gasteiger partial charge on any atom is 0.289 e. The molecule has 0 aliphatic carbocycles. The van der Waals surface area contributed by atoms with E-state index in [4.69, 9.17) is 9.47 Å². The van der Waals surface area contributed by atoms with Crippen LogP contribution in [0.5, 0.6) is 11.5 Å². The number of nitrogens with zero attached hydrogens (tertiary/aromatic N) is 2. The third-order valence-corrected chi connectivity index (χ3v) is 6.79. The van der Waals surface area contributed by atoms with Gasteiger partial charge in [-0.25, -0.2) is 8.42 Å². The van der Waals surface area contributed by atoms with Gasteiger partial charge in [-0.05, 0) is 42.7 Å². The van der Waals surface area contributed by atoms with Crippen LogP contribution in [0.15, 0.2) is 41.3 Å². The molecule has 144 valence electrons. The number of hydrogen-bond donors (Lipinski definition) is 0. The number of benzene rings is 2. The Morgan fingerprint density at radius 3 is 2.41 bits per heavy atom. The van der Waals surface area contributed by atoms with Crippen molar-refractivity contribution in [2.45, 2.75) is 24.3 Å². The largest absolute Gasteiger partial charge is 0.493 e. The van der Waals surface area contributed by atoms with Gasteiger partial charge in [0.1, 0.15) is 0 Å². The third-order valence-electron chi connectivity index (χ3n) is 4.78. The van der Waals surface area contributed by atoms with E-state index < -0.39 is 26.7 Å². The van der Waals surface area contributed by atoms with Crippen molar-refractivity contribution < 1.29 is 22.8 Å². The van der Waals surface area contributed by atoms with Gasteiger partial charge in [-0.15, -0.1) is 0 Å². The summed E-state index contributed by atoms with van der Waals surface area (Å²) in [4.78, 5) is 10.3. The van der Waals surface area contributed by atoms with Crippen molar-refractivity contribution >= 4 is 15.7 Å². The SMILES string of the molecule is COc1cc2c(cc1OC)[C@@H](C)N(S(=O)(=O)c1ccccc1[N+](=O)[O-])CC2. The fourth-order valence-electron chi connectivity index (χ4n) is 3.40. The molecule has 1 aliphatic rings. The van der Waals surface area contributed by atoms with Crippen molar-refractivity contribution in [2.75, 3.05) is 20.8 Å². The lowest BCUT2D eigenvalue weighted by Gasteiger charge is -2.34. The van der Waals surface area contributed by atoms with Crippen LogP contribution < -0.4 is 9.47 Å². The van der Waals surface area contributed by atoms with E-state index in [-0.39, 0.29) is 11.4 Å². The second-order valence-corrected chi connectivity index (χ2v) is 8.03. The van der Waals surface area contributed by atoms with Gasteiger partial charge in [-0.1, -0.05) is 12.1 Å². The maximum absolute atomic E-state index is 13.2. The van der Waals surface area contributed by atoms with E-state index in [0.717, 1.165) is 11.1 Å². The topological polar surface area (TPSA) is 99.0 Å². The summed E-state index contributed by atoms with van der Waals surface area (Å²) >= 11 is 0. The van der Waals surface area contributed by atoms with Crippen LogP contribution in [0.4, 0.5) is 5.69 Å². The monoisotopic (exact) mass is 392 g/mol. The maximum atomic E-state index is 13.2. The minimum atomic E-state index is -4.05. The molecule has 0 amide bonds. The van der Waals surface area contributed by atoms with Crippen LogP contribution in [0.3, 0.4) is 0 Å². The van der Waals surface area contributed by atoms with Crippen molar-refractivity contribution in [2.24, 2.45) is 0 Å². The number of nitro benzene ring substituents is 1. The van der Waals surface area contributed by atoms with Crippen LogP contribution in [0.1, 0.15) is 24.1 Å². The first-order valence-electron chi connectivity index (χ1n) is 8.31. The lowest BCUT2D eigenvalue weighted by Crippen LogP contribution is -2.39. The molecule has 9 heteroatoms. The van der Waals surface area contributed by atoms with E-state index in [9.17, 15) is 18.5 Å². The average Bonchev–Trinajstić information content (AvgIpc) is 2.67. The number of rotatable bonds is 5. The van der Waals surface area contributed by atoms with Crippen LogP contribution in [0.2, 0.25) is 0 Å². The zero-order valence-electron chi connectivity index (χ0n) is 15.2. The van der Waals surface area contributed by atoms with Crippen molar-refractivity contribution in [3.05, 3.63) is 57.6 Å². The molecule has 2 aromatic carbocycles. The van der Waals surface area contributed by atoms with E-state index in [1.54, 1.807) is 20.1 Å². The molecule has 0 N–H and O–H groups in total. The summed E-state index contributed by atoms with van der Waals surface area (Å²) < 4.78 is 38.3. The predicted octanol–water partition coefficient (Wildman–Crippen LogP) is 2.92. The third kappa shape index (κ3) is 3.24. The number of para-hydroxylation sites is 1. The fourth-order valence-corrected chi connectivity index (χ4v) is 5.17. The van der Waals surface area contributed by atoms with Crippen molar-refractivity contribution in [1.82, 2.24) is 4.31 Å². The Kier molecular flexibility index (Phi) is 5.07. The standard InChI is InChI=1S/C18H20N2O6S/c1-12-14-11-17(26-3)16(25-2)10-13(14)8-9-19(12)27(23,24)18-7-5-4-6-15(18)20(21)22/h4-7,10-12H,8-9H2,1-3H3/t12-/m1/s1. The summed E-state index contributed by atoms with van der Waals surface area (Å²) in [6.45, 7) is 1.98. The van der Waals surface area contributed by atoms with Crippen LogP contribution >= 0.6 is 0 Å². The Balaban J connectivity index is 2.07. The number of ether oxygens (including phenoxy) is 2. The van der Waals surface area contributed by atoms with Gasteiger partial charge >= 0.3 is 0 Å². The first kappa shape index (κ1) is 19.1. The van der Waals surface area contributed by atoms with Gasteiger partial charge in [-0.2, -0.15) is 4.31 Å². The number of methoxy groups -OCH3 is 2. The van der Waals surface area contributed by atoms with Gasteiger partial charge < -0.3 is 9.47 Å². The number of nitro groups is 1. The Morgan fingerprint density at radius 2 is 1.78 bits per heavy atom. The summed E-state index contributed by atoms with van der Waals surface area (Å²) in [6, 6.07) is 8.51. The van der Waals surface area contributed by atoms with E-state index in [1.165, 1.54) is 35.7 Å². The van der Waals surface area contributed by atoms with Gasteiger partial charge in [0.25, 0.3) is 5.69 Å². The molecular formula is C18H20N2O6S. The second kappa shape index (κ2) is 7.16. The summed E-state index contributed by atoms with van der Waals surface area (Å²) in [7, 11) is -0.988. The number of fused-ring (bicyclic) bond motifs is 1. The Morgan fingerprint density at radius 1 is 1.15 bits per heavy atom. The van der Waals surface area contributed by atoms with E-state index in [2.05, 4.69) is 0 Å². The Hall–Kier alpha value is -2.65. The molecule has 0 aromatic heterocycles. The molecule has 2 aromatic rings. The van der Waals surface area contributed by atoms with E-state index in [0.29, 0.717) is 17.9 Å². The normalized spacial score (nSPS) is 17.2. The molecule has 1 atom stereocenters. The summed E-state index contributed by atoms with van der Waals surface area (Å²) in [5.41, 5.74) is 1.33. The zero-order chi connectivity index (χ0) is 19.8. The number of hydrogen-bond acceptors (Lipinski definition) is 6. The fraction of sp³-hybridized carbons (Fsp3) is 0.333. The molecule has 0 radical (unpaired) electrons. The number of sulfonamides is 1. The van der Waals surface area contributed by atoms with E-state index >= 15 is 0 Å². The lowest BCUT2D eigenvalue weighted by molar-refractivity contribution is -0.387. The van der Waals surface area contributed by atoms with Crippen molar-refractivity contribution in [1.29, 1.82) is 0 Å². The highest BCUT2D eigenvalue weighted by atomic mass is 32.2. The highest BCUT2D eigenvalue weighted by molar-refractivity contribution is 7.89. The molecule has 8 nitrogen and oxygen atoms in total. The highest BCUT2D eigenvalue weighted by Crippen LogP contribution is 2.40. The summed E-state index contributed by atoms with van der Waals surface area (Å²) in [5, 5.41) is 11.3. The minimum Gasteiger partial charge on any atom is -0.493 e. The molecule has 0 bridgehead atoms. The zero-order valence-corrected chi connectivity index (χ0v) is 16.0. The molecule has 0 saturated heterocycles. The molecule has 3 rings (SSSR count). The molecular weight excluding hydrogens is 372 g/mol. The van der Waals surface area contributed by atoms with Crippen LogP contribution in [-0.2, 0) is 16.4 Å². The van der Waals surface area contributed by atoms with Crippen molar-refractivity contribution in [3.63, 3.8) is 0 Å². The molecule has 1 aliphatic heterocycles. The smallest absolute Gasteiger partial charge is 0.289 e. The predicted molar refractivity (Wildman–Crippen MR) is 98.7 cm³/mol. The van der Waals surface area contributed by atoms with Crippen molar-refractivity contribution in [3.8, 4) is 11.5 Å².